The number of hydrogen-bond donors (Lipinski definition) is 1. The third-order valence-electron chi connectivity index (χ3n) is 3.61. The minimum atomic E-state index is -0.148. The first-order chi connectivity index (χ1) is 9.61. The van der Waals surface area contributed by atoms with E-state index in [0.717, 1.165) is 17.7 Å². The molecule has 1 atom stereocenters. The van der Waals surface area contributed by atoms with Crippen LogP contribution in [0.3, 0.4) is 0 Å². The van der Waals surface area contributed by atoms with E-state index in [1.54, 1.807) is 6.07 Å². The molecule has 0 heterocycles. The Morgan fingerprint density at radius 3 is 2.20 bits per heavy atom. The molecule has 0 amide bonds. The van der Waals surface area contributed by atoms with Gasteiger partial charge in [0.25, 0.3) is 0 Å². The van der Waals surface area contributed by atoms with Gasteiger partial charge in [0.15, 0.2) is 0 Å². The maximum Gasteiger partial charge on any atom is 0.128 e. The van der Waals surface area contributed by atoms with Gasteiger partial charge in [-0.25, -0.2) is 4.39 Å². The smallest absolute Gasteiger partial charge is 0.128 e. The van der Waals surface area contributed by atoms with Crippen LogP contribution in [0.4, 0.5) is 10.1 Å². The Morgan fingerprint density at radius 1 is 1.00 bits per heavy atom. The largest absolute Gasteiger partial charge is 0.378 e. The summed E-state index contributed by atoms with van der Waals surface area (Å²) in [7, 11) is 0. The van der Waals surface area contributed by atoms with Crippen molar-refractivity contribution in [2.75, 3.05) is 5.32 Å². The zero-order chi connectivity index (χ0) is 14.5. The first kappa shape index (κ1) is 14.6. The molecule has 1 unspecified atom stereocenters. The lowest BCUT2D eigenvalue weighted by Crippen LogP contribution is -2.11. The fourth-order valence-corrected chi connectivity index (χ4v) is 2.32. The van der Waals surface area contributed by atoms with Crippen molar-refractivity contribution < 1.29 is 4.39 Å². The highest BCUT2D eigenvalue weighted by Gasteiger charge is 2.13. The topological polar surface area (TPSA) is 12.0 Å². The van der Waals surface area contributed by atoms with Gasteiger partial charge in [-0.3, -0.25) is 0 Å². The van der Waals surface area contributed by atoms with Crippen LogP contribution in [0.15, 0.2) is 48.5 Å². The van der Waals surface area contributed by atoms with E-state index < -0.39 is 0 Å². The molecule has 0 aromatic heterocycles. The van der Waals surface area contributed by atoms with E-state index in [9.17, 15) is 4.39 Å². The second kappa shape index (κ2) is 6.56. The second-order valence-corrected chi connectivity index (χ2v) is 5.40. The summed E-state index contributed by atoms with van der Waals surface area (Å²) in [6.07, 6.45) is 0.840. The van der Waals surface area contributed by atoms with Crippen LogP contribution in [0.25, 0.3) is 0 Å². The van der Waals surface area contributed by atoms with Crippen LogP contribution in [-0.4, -0.2) is 0 Å². The van der Waals surface area contributed by atoms with Crippen molar-refractivity contribution in [2.24, 2.45) is 0 Å². The van der Waals surface area contributed by atoms with Gasteiger partial charge in [-0.1, -0.05) is 51.1 Å². The van der Waals surface area contributed by atoms with E-state index >= 15 is 0 Å². The number of benzene rings is 2. The molecule has 2 aromatic rings. The molecule has 0 spiro atoms. The van der Waals surface area contributed by atoms with E-state index in [2.05, 4.69) is 50.4 Å². The molecule has 20 heavy (non-hydrogen) atoms. The molecule has 0 fully saturated rings. The first-order valence-corrected chi connectivity index (χ1v) is 7.22. The Labute approximate surface area is 120 Å². The van der Waals surface area contributed by atoms with Gasteiger partial charge in [-0.2, -0.15) is 0 Å². The highest BCUT2D eigenvalue weighted by atomic mass is 19.1. The van der Waals surface area contributed by atoms with Crippen LogP contribution in [0, 0.1) is 5.82 Å². The molecule has 0 aliphatic rings. The van der Waals surface area contributed by atoms with Gasteiger partial charge in [0.2, 0.25) is 0 Å². The van der Waals surface area contributed by atoms with Gasteiger partial charge in [0, 0.05) is 11.3 Å². The van der Waals surface area contributed by atoms with Crippen molar-refractivity contribution in [2.45, 2.75) is 39.2 Å². The van der Waals surface area contributed by atoms with E-state index in [4.69, 9.17) is 0 Å². The van der Waals surface area contributed by atoms with Crippen LogP contribution in [0.5, 0.6) is 0 Å². The van der Waals surface area contributed by atoms with E-state index in [1.165, 1.54) is 11.6 Å². The fraction of sp³-hybridized carbons (Fsp3) is 0.333. The van der Waals surface area contributed by atoms with Crippen LogP contribution in [0.2, 0.25) is 0 Å². The highest BCUT2D eigenvalue weighted by Crippen LogP contribution is 2.25. The van der Waals surface area contributed by atoms with Crippen molar-refractivity contribution >= 4 is 5.69 Å². The minimum absolute atomic E-state index is 0.00102. The lowest BCUT2D eigenvalue weighted by atomic mass is 10.0. The lowest BCUT2D eigenvalue weighted by Gasteiger charge is -2.20. The Bertz CT molecular complexity index is 546. The lowest BCUT2D eigenvalue weighted by molar-refractivity contribution is 0.587. The Balaban J connectivity index is 2.16. The van der Waals surface area contributed by atoms with Crippen molar-refractivity contribution in [1.29, 1.82) is 0 Å². The molecule has 0 saturated heterocycles. The summed E-state index contributed by atoms with van der Waals surface area (Å²) < 4.78 is 13.9. The van der Waals surface area contributed by atoms with Crippen LogP contribution < -0.4 is 5.32 Å². The maximum absolute atomic E-state index is 13.9. The quantitative estimate of drug-likeness (QED) is 0.755. The third-order valence-corrected chi connectivity index (χ3v) is 3.61. The van der Waals surface area contributed by atoms with Gasteiger partial charge in [0.05, 0.1) is 6.04 Å². The van der Waals surface area contributed by atoms with Gasteiger partial charge in [0.1, 0.15) is 5.82 Å². The molecule has 1 nitrogen and oxygen atoms in total. The molecule has 0 bridgehead atoms. The zero-order valence-electron chi connectivity index (χ0n) is 12.4. The summed E-state index contributed by atoms with van der Waals surface area (Å²) in [5.74, 6) is 0.378. The molecule has 0 saturated carbocycles. The Morgan fingerprint density at radius 2 is 1.65 bits per heavy atom. The van der Waals surface area contributed by atoms with Gasteiger partial charge in [-0.15, -0.1) is 0 Å². The summed E-state index contributed by atoms with van der Waals surface area (Å²) in [5.41, 5.74) is 3.07. The number of nitrogens with one attached hydrogen (secondary N) is 1. The minimum Gasteiger partial charge on any atom is -0.378 e. The van der Waals surface area contributed by atoms with Gasteiger partial charge >= 0.3 is 0 Å². The molecule has 106 valence electrons. The highest BCUT2D eigenvalue weighted by molar-refractivity contribution is 5.47. The van der Waals surface area contributed by atoms with Crippen LogP contribution in [0.1, 0.15) is 50.3 Å². The summed E-state index contributed by atoms with van der Waals surface area (Å²) >= 11 is 0. The standard InChI is InChI=1S/C18H22FN/c1-4-18(16-7-5-6-8-17(16)19)20-15-11-9-14(10-12-15)13(2)3/h5-13,18,20H,4H2,1-3H3. The average Bonchev–Trinajstić information content (AvgIpc) is 2.46. The van der Waals surface area contributed by atoms with E-state index in [1.807, 2.05) is 12.1 Å². The molecule has 1 N–H and O–H groups in total. The van der Waals surface area contributed by atoms with Crippen molar-refractivity contribution in [3.63, 3.8) is 0 Å². The predicted molar refractivity (Wildman–Crippen MR) is 83.6 cm³/mol. The number of halogens is 1. The SMILES string of the molecule is CCC(Nc1ccc(C(C)C)cc1)c1ccccc1F. The van der Waals surface area contributed by atoms with Crippen molar-refractivity contribution in [1.82, 2.24) is 0 Å². The third kappa shape index (κ3) is 3.38. The number of rotatable bonds is 5. The molecule has 2 heteroatoms. The normalized spacial score (nSPS) is 12.4. The predicted octanol–water partition coefficient (Wildman–Crippen LogP) is 5.51. The zero-order valence-corrected chi connectivity index (χ0v) is 12.4. The van der Waals surface area contributed by atoms with Crippen LogP contribution >= 0.6 is 0 Å². The summed E-state index contributed by atoms with van der Waals surface area (Å²) in [6.45, 7) is 6.42. The number of anilines is 1. The Kier molecular flexibility index (Phi) is 4.78. The summed E-state index contributed by atoms with van der Waals surface area (Å²) in [6, 6.07) is 15.4. The fourth-order valence-electron chi connectivity index (χ4n) is 2.32. The molecule has 0 aliphatic heterocycles. The molecule has 0 radical (unpaired) electrons. The summed E-state index contributed by atoms with van der Waals surface area (Å²) in [4.78, 5) is 0. The number of hydrogen-bond acceptors (Lipinski definition) is 1. The second-order valence-electron chi connectivity index (χ2n) is 5.40. The molecular weight excluding hydrogens is 249 g/mol. The van der Waals surface area contributed by atoms with Crippen LogP contribution in [-0.2, 0) is 0 Å². The molecule has 0 aliphatic carbocycles. The van der Waals surface area contributed by atoms with Gasteiger partial charge in [-0.05, 0) is 36.1 Å². The molecule has 2 rings (SSSR count). The maximum atomic E-state index is 13.9. The van der Waals surface area contributed by atoms with Crippen molar-refractivity contribution in [3.8, 4) is 0 Å². The van der Waals surface area contributed by atoms with Gasteiger partial charge < -0.3 is 5.32 Å². The Hall–Kier alpha value is -1.83. The summed E-state index contributed by atoms with van der Waals surface area (Å²) in [5, 5.41) is 3.41. The average molecular weight is 271 g/mol. The van der Waals surface area contributed by atoms with E-state index in [-0.39, 0.29) is 11.9 Å². The first-order valence-electron chi connectivity index (χ1n) is 7.22. The molecule has 2 aromatic carbocycles. The van der Waals surface area contributed by atoms with Crippen molar-refractivity contribution in [3.05, 3.63) is 65.5 Å². The monoisotopic (exact) mass is 271 g/mol. The molecular formula is C18H22FN. The van der Waals surface area contributed by atoms with E-state index in [0.29, 0.717) is 5.92 Å².